The monoisotopic (exact) mass is 394 g/mol. The lowest BCUT2D eigenvalue weighted by atomic mass is 10.2. The van der Waals surface area contributed by atoms with Gasteiger partial charge in [0.1, 0.15) is 0 Å². The van der Waals surface area contributed by atoms with Crippen molar-refractivity contribution in [3.63, 3.8) is 0 Å². The van der Waals surface area contributed by atoms with Gasteiger partial charge < -0.3 is 10.1 Å². The zero-order valence-electron chi connectivity index (χ0n) is 13.7. The molecule has 0 bridgehead atoms. The molecule has 2 aromatic rings. The van der Waals surface area contributed by atoms with E-state index in [2.05, 4.69) is 5.32 Å². The van der Waals surface area contributed by atoms with Gasteiger partial charge in [0.2, 0.25) is 0 Å². The van der Waals surface area contributed by atoms with Crippen molar-refractivity contribution in [2.75, 3.05) is 11.1 Å². The van der Waals surface area contributed by atoms with Gasteiger partial charge in [-0.05, 0) is 25.1 Å². The summed E-state index contributed by atoms with van der Waals surface area (Å²) in [5, 5.41) is 13.4. The molecule has 0 aliphatic heterocycles. The Balaban J connectivity index is 1.90. The van der Waals surface area contributed by atoms with E-state index in [1.54, 1.807) is 0 Å². The average Bonchev–Trinajstić information content (AvgIpc) is 2.62. The van der Waals surface area contributed by atoms with Crippen LogP contribution in [-0.2, 0) is 14.3 Å². The van der Waals surface area contributed by atoms with E-state index < -0.39 is 22.9 Å². The highest BCUT2D eigenvalue weighted by molar-refractivity contribution is 8.00. The van der Waals surface area contributed by atoms with E-state index >= 15 is 0 Å². The molecule has 7 nitrogen and oxygen atoms in total. The zero-order chi connectivity index (χ0) is 19.1. The number of carbonyl (C=O) groups is 2. The van der Waals surface area contributed by atoms with Crippen LogP contribution in [0, 0.1) is 10.1 Å². The third kappa shape index (κ3) is 5.75. The van der Waals surface area contributed by atoms with E-state index in [4.69, 9.17) is 16.3 Å². The fourth-order valence-electron chi connectivity index (χ4n) is 1.90. The standard InChI is InChI=1S/C17H15ClN2O5S/c1-11(25-16(21)10-26-13-5-3-2-4-6-13)17(22)19-15-9-12(20(23)24)7-8-14(15)18/h2-9,11H,10H2,1H3,(H,19,22). The maximum absolute atomic E-state index is 12.1. The third-order valence-corrected chi connectivity index (χ3v) is 4.51. The van der Waals surface area contributed by atoms with Crippen molar-refractivity contribution in [3.8, 4) is 0 Å². The Morgan fingerprint density at radius 1 is 1.27 bits per heavy atom. The van der Waals surface area contributed by atoms with Crippen LogP contribution < -0.4 is 5.32 Å². The van der Waals surface area contributed by atoms with Crippen LogP contribution in [0.3, 0.4) is 0 Å². The molecule has 0 heterocycles. The Morgan fingerprint density at radius 2 is 1.96 bits per heavy atom. The first-order valence-electron chi connectivity index (χ1n) is 7.49. The number of thioether (sulfide) groups is 1. The fraction of sp³-hybridized carbons (Fsp3) is 0.176. The number of hydrogen-bond acceptors (Lipinski definition) is 6. The molecule has 2 aromatic carbocycles. The lowest BCUT2D eigenvalue weighted by Gasteiger charge is -2.14. The fourth-order valence-corrected chi connectivity index (χ4v) is 2.77. The Labute approximate surface area is 158 Å². The highest BCUT2D eigenvalue weighted by Crippen LogP contribution is 2.27. The smallest absolute Gasteiger partial charge is 0.317 e. The number of nitro benzene ring substituents is 1. The molecule has 2 rings (SSSR count). The molecule has 136 valence electrons. The Hall–Kier alpha value is -2.58. The molecule has 9 heteroatoms. The number of esters is 1. The molecule has 26 heavy (non-hydrogen) atoms. The van der Waals surface area contributed by atoms with Crippen molar-refractivity contribution in [2.24, 2.45) is 0 Å². The molecule has 0 aromatic heterocycles. The number of amides is 1. The zero-order valence-corrected chi connectivity index (χ0v) is 15.3. The SMILES string of the molecule is CC(OC(=O)CSc1ccccc1)C(=O)Nc1cc([N+](=O)[O-])ccc1Cl. The van der Waals surface area contributed by atoms with Gasteiger partial charge in [-0.25, -0.2) is 0 Å². The number of anilines is 1. The number of halogens is 1. The Morgan fingerprint density at radius 3 is 2.62 bits per heavy atom. The molecule has 0 spiro atoms. The minimum atomic E-state index is -1.07. The summed E-state index contributed by atoms with van der Waals surface area (Å²) in [6, 6.07) is 13.0. The minimum Gasteiger partial charge on any atom is -0.452 e. The number of benzene rings is 2. The first-order valence-corrected chi connectivity index (χ1v) is 8.85. The van der Waals surface area contributed by atoms with Gasteiger partial charge in [0, 0.05) is 17.0 Å². The second kappa shape index (κ2) is 9.21. The van der Waals surface area contributed by atoms with Gasteiger partial charge in [-0.1, -0.05) is 29.8 Å². The van der Waals surface area contributed by atoms with Crippen LogP contribution in [0.2, 0.25) is 5.02 Å². The predicted octanol–water partition coefficient (Wildman–Crippen LogP) is 3.91. The van der Waals surface area contributed by atoms with E-state index in [0.29, 0.717) is 0 Å². The normalized spacial score (nSPS) is 11.5. The summed E-state index contributed by atoms with van der Waals surface area (Å²) in [6.07, 6.45) is -1.07. The molecule has 1 amide bonds. The molecule has 0 saturated carbocycles. The van der Waals surface area contributed by atoms with E-state index in [9.17, 15) is 19.7 Å². The topological polar surface area (TPSA) is 98.5 Å². The summed E-state index contributed by atoms with van der Waals surface area (Å²) in [4.78, 5) is 35.1. The number of nitrogens with one attached hydrogen (secondary N) is 1. The summed E-state index contributed by atoms with van der Waals surface area (Å²) in [5.74, 6) is -1.13. The second-order valence-electron chi connectivity index (χ2n) is 5.14. The van der Waals surface area contributed by atoms with Crippen molar-refractivity contribution in [1.29, 1.82) is 0 Å². The highest BCUT2D eigenvalue weighted by Gasteiger charge is 2.20. The summed E-state index contributed by atoms with van der Waals surface area (Å²) < 4.78 is 5.07. The van der Waals surface area contributed by atoms with Crippen LogP contribution in [0.25, 0.3) is 0 Å². The summed E-state index contributed by atoms with van der Waals surface area (Å²) >= 11 is 7.22. The molecule has 1 atom stereocenters. The molecule has 0 saturated heterocycles. The van der Waals surface area contributed by atoms with Gasteiger partial charge in [0.15, 0.2) is 6.10 Å². The van der Waals surface area contributed by atoms with E-state index in [1.165, 1.54) is 30.8 Å². The number of ether oxygens (including phenoxy) is 1. The molecule has 1 N–H and O–H groups in total. The lowest BCUT2D eigenvalue weighted by molar-refractivity contribution is -0.384. The van der Waals surface area contributed by atoms with Gasteiger partial charge in [0.25, 0.3) is 11.6 Å². The summed E-state index contributed by atoms with van der Waals surface area (Å²) in [6.45, 7) is 1.41. The van der Waals surface area contributed by atoms with Crippen LogP contribution in [0.5, 0.6) is 0 Å². The number of hydrogen-bond donors (Lipinski definition) is 1. The van der Waals surface area contributed by atoms with Gasteiger partial charge >= 0.3 is 5.97 Å². The number of carbonyl (C=O) groups excluding carboxylic acids is 2. The summed E-state index contributed by atoms with van der Waals surface area (Å²) in [7, 11) is 0. The highest BCUT2D eigenvalue weighted by atomic mass is 35.5. The molecule has 1 unspecified atom stereocenters. The van der Waals surface area contributed by atoms with E-state index in [1.807, 2.05) is 30.3 Å². The maximum atomic E-state index is 12.1. The van der Waals surface area contributed by atoms with E-state index in [0.717, 1.165) is 11.0 Å². The molecule has 0 fully saturated rings. The lowest BCUT2D eigenvalue weighted by Crippen LogP contribution is -2.30. The van der Waals surface area contributed by atoms with Crippen molar-refractivity contribution < 1.29 is 19.2 Å². The van der Waals surface area contributed by atoms with Crippen LogP contribution in [0.1, 0.15) is 6.92 Å². The van der Waals surface area contributed by atoms with Crippen molar-refractivity contribution in [2.45, 2.75) is 17.9 Å². The first kappa shape index (κ1) is 19.7. The van der Waals surface area contributed by atoms with Crippen molar-refractivity contribution in [1.82, 2.24) is 0 Å². The molecular formula is C17H15ClN2O5S. The first-order chi connectivity index (χ1) is 12.4. The van der Waals surface area contributed by atoms with E-state index in [-0.39, 0.29) is 22.2 Å². The average molecular weight is 395 g/mol. The van der Waals surface area contributed by atoms with Crippen LogP contribution in [0.15, 0.2) is 53.4 Å². The number of nitro groups is 1. The van der Waals surface area contributed by atoms with Gasteiger partial charge in [-0.3, -0.25) is 19.7 Å². The maximum Gasteiger partial charge on any atom is 0.317 e. The number of rotatable bonds is 7. The largest absolute Gasteiger partial charge is 0.452 e. The number of non-ortho nitro benzene ring substituents is 1. The Kier molecular flexibility index (Phi) is 6.99. The number of nitrogens with zero attached hydrogens (tertiary/aromatic N) is 1. The quantitative estimate of drug-likeness (QED) is 0.331. The Bertz CT molecular complexity index is 816. The van der Waals surface area contributed by atoms with Crippen molar-refractivity contribution in [3.05, 3.63) is 63.7 Å². The molecule has 0 aliphatic rings. The summed E-state index contributed by atoms with van der Waals surface area (Å²) in [5.41, 5.74) is -0.138. The molecular weight excluding hydrogens is 380 g/mol. The predicted molar refractivity (Wildman–Crippen MR) is 99.5 cm³/mol. The molecule has 0 aliphatic carbocycles. The van der Waals surface area contributed by atoms with Gasteiger partial charge in [-0.15, -0.1) is 11.8 Å². The van der Waals surface area contributed by atoms with Crippen molar-refractivity contribution >= 4 is 46.6 Å². The van der Waals surface area contributed by atoms with Crippen LogP contribution in [0.4, 0.5) is 11.4 Å². The van der Waals surface area contributed by atoms with Gasteiger partial charge in [-0.2, -0.15) is 0 Å². The van der Waals surface area contributed by atoms with Crippen LogP contribution in [-0.4, -0.2) is 28.7 Å². The second-order valence-corrected chi connectivity index (χ2v) is 6.60. The minimum absolute atomic E-state index is 0.0548. The van der Waals surface area contributed by atoms with Gasteiger partial charge in [0.05, 0.1) is 21.4 Å². The third-order valence-electron chi connectivity index (χ3n) is 3.20. The molecule has 0 radical (unpaired) electrons. The van der Waals surface area contributed by atoms with Crippen LogP contribution >= 0.6 is 23.4 Å².